The Hall–Kier alpha value is -7.49. The number of hydrogen-bond acceptors (Lipinski definition) is 2. The van der Waals surface area contributed by atoms with E-state index in [0.717, 1.165) is 67.0 Å². The van der Waals surface area contributed by atoms with Crippen LogP contribution in [0.5, 0.6) is 0 Å². The molecule has 1 aliphatic rings. The van der Waals surface area contributed by atoms with Gasteiger partial charge in [0.15, 0.2) is 0 Å². The normalized spacial score (nSPS) is 12.7. The predicted octanol–water partition coefficient (Wildman–Crippen LogP) is 14.9. The quantitative estimate of drug-likeness (QED) is 0.161. The maximum absolute atomic E-state index is 5.46. The lowest BCUT2D eigenvalue weighted by Crippen LogP contribution is -2.16. The highest BCUT2D eigenvalue weighted by Gasteiger charge is 2.37. The molecule has 2 heterocycles. The highest BCUT2D eigenvalue weighted by molar-refractivity contribution is 6.10. The minimum atomic E-state index is -0.134. The van der Waals surface area contributed by atoms with Crippen LogP contribution >= 0.6 is 0 Å². The molecular formula is C56H41N3. The first-order valence-electron chi connectivity index (χ1n) is 20.4. The zero-order valence-electron chi connectivity index (χ0n) is 33.0. The van der Waals surface area contributed by atoms with Crippen LogP contribution in [-0.2, 0) is 5.41 Å². The minimum absolute atomic E-state index is 0.134. The van der Waals surface area contributed by atoms with Crippen LogP contribution in [0.15, 0.2) is 212 Å². The molecule has 8 aromatic carbocycles. The van der Waals surface area contributed by atoms with Gasteiger partial charge in [0.1, 0.15) is 5.69 Å². The molecule has 3 nitrogen and oxygen atoms in total. The molecule has 10 aromatic rings. The fourth-order valence-corrected chi connectivity index (χ4v) is 9.37. The Bertz CT molecular complexity index is 3170. The number of hydrogen-bond donors (Lipinski definition) is 0. The summed E-state index contributed by atoms with van der Waals surface area (Å²) >= 11 is 0. The Balaban J connectivity index is 1.22. The number of pyridine rings is 1. The van der Waals surface area contributed by atoms with E-state index in [1.165, 1.54) is 33.4 Å². The largest absolute Gasteiger partial charge is 0.310 e. The van der Waals surface area contributed by atoms with E-state index in [4.69, 9.17) is 5.10 Å². The molecule has 0 radical (unpaired) electrons. The van der Waals surface area contributed by atoms with Crippen LogP contribution in [0.1, 0.15) is 25.0 Å². The number of aromatic nitrogens is 2. The molecule has 0 fully saturated rings. The van der Waals surface area contributed by atoms with Gasteiger partial charge in [0.25, 0.3) is 0 Å². The zero-order valence-corrected chi connectivity index (χ0v) is 33.0. The summed E-state index contributed by atoms with van der Waals surface area (Å²) < 4.78 is 2.17. The lowest BCUT2D eigenvalue weighted by atomic mass is 9.82. The second-order valence-electron chi connectivity index (χ2n) is 16.0. The minimum Gasteiger partial charge on any atom is -0.310 e. The van der Waals surface area contributed by atoms with Crippen molar-refractivity contribution in [2.24, 2.45) is 0 Å². The van der Waals surface area contributed by atoms with Crippen LogP contribution in [-0.4, -0.2) is 9.61 Å². The van der Waals surface area contributed by atoms with Gasteiger partial charge < -0.3 is 4.90 Å². The van der Waals surface area contributed by atoms with Crippen molar-refractivity contribution < 1.29 is 0 Å². The summed E-state index contributed by atoms with van der Waals surface area (Å²) in [6.45, 7) is 4.71. The Morgan fingerprint density at radius 1 is 0.441 bits per heavy atom. The summed E-state index contributed by atoms with van der Waals surface area (Å²) in [7, 11) is 0. The van der Waals surface area contributed by atoms with E-state index in [-0.39, 0.29) is 5.41 Å². The summed E-state index contributed by atoms with van der Waals surface area (Å²) in [5, 5.41) is 7.74. The second-order valence-corrected chi connectivity index (χ2v) is 16.0. The lowest BCUT2D eigenvalue weighted by Gasteiger charge is -2.29. The number of benzene rings is 8. The van der Waals surface area contributed by atoms with E-state index in [1.807, 2.05) is 0 Å². The summed E-state index contributed by atoms with van der Waals surface area (Å²) in [6, 6.07) is 76.7. The van der Waals surface area contributed by atoms with Crippen molar-refractivity contribution in [3.8, 4) is 55.9 Å². The molecule has 0 saturated carbocycles. The molecule has 11 rings (SSSR count). The smallest absolute Gasteiger partial charge is 0.101 e. The third kappa shape index (κ3) is 5.69. The Morgan fingerprint density at radius 3 is 1.75 bits per heavy atom. The predicted molar refractivity (Wildman–Crippen MR) is 247 cm³/mol. The first-order valence-corrected chi connectivity index (χ1v) is 20.4. The molecule has 0 unspecified atom stereocenters. The maximum atomic E-state index is 5.46. The molecular weight excluding hydrogens is 715 g/mol. The maximum Gasteiger partial charge on any atom is 0.101 e. The van der Waals surface area contributed by atoms with E-state index in [2.05, 4.69) is 236 Å². The first kappa shape index (κ1) is 34.7. The van der Waals surface area contributed by atoms with E-state index in [0.29, 0.717) is 0 Å². The van der Waals surface area contributed by atoms with Crippen molar-refractivity contribution in [1.29, 1.82) is 0 Å². The molecule has 0 amide bonds. The van der Waals surface area contributed by atoms with Crippen molar-refractivity contribution in [3.63, 3.8) is 0 Å². The van der Waals surface area contributed by atoms with Gasteiger partial charge in [0, 0.05) is 44.4 Å². The van der Waals surface area contributed by atoms with E-state index in [1.54, 1.807) is 0 Å². The number of fused-ring (bicyclic) bond motifs is 6. The Labute approximate surface area is 345 Å². The van der Waals surface area contributed by atoms with Gasteiger partial charge in [-0.2, -0.15) is 5.10 Å². The third-order valence-electron chi connectivity index (χ3n) is 12.2. The summed E-state index contributed by atoms with van der Waals surface area (Å²) in [5.41, 5.74) is 18.4. The van der Waals surface area contributed by atoms with Gasteiger partial charge in [-0.3, -0.25) is 0 Å². The zero-order chi connectivity index (χ0) is 39.5. The van der Waals surface area contributed by atoms with E-state index in [9.17, 15) is 0 Å². The Morgan fingerprint density at radius 2 is 1.02 bits per heavy atom. The molecule has 2 aromatic heterocycles. The summed E-state index contributed by atoms with van der Waals surface area (Å²) in [6.07, 6.45) is 0. The second kappa shape index (κ2) is 13.9. The average Bonchev–Trinajstić information content (AvgIpc) is 3.81. The van der Waals surface area contributed by atoms with Crippen LogP contribution in [0.25, 0.3) is 72.2 Å². The van der Waals surface area contributed by atoms with Crippen LogP contribution in [0.4, 0.5) is 17.1 Å². The molecule has 280 valence electrons. The molecule has 0 bridgehead atoms. The van der Waals surface area contributed by atoms with Gasteiger partial charge in [-0.15, -0.1) is 0 Å². The third-order valence-corrected chi connectivity index (χ3v) is 12.2. The summed E-state index contributed by atoms with van der Waals surface area (Å²) in [5.74, 6) is 0. The van der Waals surface area contributed by atoms with Crippen molar-refractivity contribution >= 4 is 33.4 Å². The monoisotopic (exact) mass is 755 g/mol. The van der Waals surface area contributed by atoms with Crippen LogP contribution < -0.4 is 4.90 Å². The SMILES string of the molecule is CC1(C)c2ccccc2-c2c(N(c3cccc(-c4ccccc4)c3)c3ccc4c(c3)cc(-c3ccccc3)n3nc(-c5ccccc5)c(-c5ccccc5)c43)cccc21. The average molecular weight is 756 g/mol. The topological polar surface area (TPSA) is 20.5 Å². The molecule has 0 N–H and O–H groups in total. The number of rotatable bonds is 7. The van der Waals surface area contributed by atoms with E-state index >= 15 is 0 Å². The molecule has 0 saturated heterocycles. The van der Waals surface area contributed by atoms with Crippen LogP contribution in [0, 0.1) is 0 Å². The molecule has 0 aliphatic heterocycles. The fourth-order valence-electron chi connectivity index (χ4n) is 9.37. The number of nitrogens with zero attached hydrogens (tertiary/aromatic N) is 3. The van der Waals surface area contributed by atoms with Crippen LogP contribution in [0.3, 0.4) is 0 Å². The highest BCUT2D eigenvalue weighted by atomic mass is 15.2. The molecule has 3 heteroatoms. The van der Waals surface area contributed by atoms with Gasteiger partial charge in [-0.05, 0) is 75.2 Å². The molecule has 1 aliphatic carbocycles. The van der Waals surface area contributed by atoms with Gasteiger partial charge in [0.05, 0.1) is 16.9 Å². The highest BCUT2D eigenvalue weighted by Crippen LogP contribution is 2.54. The first-order chi connectivity index (χ1) is 29.0. The van der Waals surface area contributed by atoms with Crippen molar-refractivity contribution in [1.82, 2.24) is 9.61 Å². The van der Waals surface area contributed by atoms with Crippen molar-refractivity contribution in [3.05, 3.63) is 223 Å². The summed E-state index contributed by atoms with van der Waals surface area (Å²) in [4.78, 5) is 2.47. The van der Waals surface area contributed by atoms with Crippen molar-refractivity contribution in [2.75, 3.05) is 4.90 Å². The fraction of sp³-hybridized carbons (Fsp3) is 0.0536. The van der Waals surface area contributed by atoms with E-state index < -0.39 is 0 Å². The Kier molecular flexibility index (Phi) is 8.16. The van der Waals surface area contributed by atoms with Gasteiger partial charge in [-0.1, -0.05) is 190 Å². The van der Waals surface area contributed by atoms with Gasteiger partial charge in [-0.25, -0.2) is 4.52 Å². The van der Waals surface area contributed by atoms with Gasteiger partial charge >= 0.3 is 0 Å². The standard InChI is InChI=1S/C56H41N3/c1-56(2)48-30-16-15-29-47(48)53-49(56)31-18-32-50(53)58(44-28-17-27-42(35-44)38-19-7-3-8-20-38)45-33-34-46-43(36-45)37-51(39-21-9-4-10-22-39)59-55(46)52(40-23-11-5-12-24-40)54(57-59)41-25-13-6-14-26-41/h3-37H,1-2H3. The number of anilines is 3. The van der Waals surface area contributed by atoms with Crippen molar-refractivity contribution in [2.45, 2.75) is 19.3 Å². The molecule has 59 heavy (non-hydrogen) atoms. The molecule has 0 spiro atoms. The lowest BCUT2D eigenvalue weighted by molar-refractivity contribution is 0.660. The van der Waals surface area contributed by atoms with Crippen LogP contribution in [0.2, 0.25) is 0 Å². The molecule has 0 atom stereocenters. The van der Waals surface area contributed by atoms with Gasteiger partial charge in [0.2, 0.25) is 0 Å².